The fraction of sp³-hybridized carbons (Fsp3) is 0.857. The van der Waals surface area contributed by atoms with Gasteiger partial charge < -0.3 is 14.5 Å². The van der Waals surface area contributed by atoms with Crippen molar-refractivity contribution in [1.29, 1.82) is 0 Å². The minimum atomic E-state index is -5.01. The van der Waals surface area contributed by atoms with Gasteiger partial charge in [0, 0.05) is 0 Å². The van der Waals surface area contributed by atoms with Crippen LogP contribution in [0.4, 0.5) is 4.39 Å². The summed E-state index contributed by atoms with van der Waals surface area (Å²) < 4.78 is 27.2. The minimum Gasteiger partial charge on any atom is -0.463 e. The summed E-state index contributed by atoms with van der Waals surface area (Å²) in [6, 6.07) is 0. The molecule has 5 nitrogen and oxygen atoms in total. The molecule has 84 valence electrons. The first-order valence-corrected chi connectivity index (χ1v) is 5.93. The topological polar surface area (TPSA) is 83.8 Å². The summed E-state index contributed by atoms with van der Waals surface area (Å²) in [5, 5.41) is 0. The van der Waals surface area contributed by atoms with Crippen LogP contribution in [0, 0.1) is 0 Å². The lowest BCUT2D eigenvalue weighted by Crippen LogP contribution is -2.19. The molecule has 0 radical (unpaired) electrons. The van der Waals surface area contributed by atoms with Crippen molar-refractivity contribution in [3.63, 3.8) is 0 Å². The number of unbranched alkanes of at least 4 members (excludes halogenated alkanes) is 2. The minimum absolute atomic E-state index is 0.00685. The normalized spacial score (nSPS) is 13.7. The van der Waals surface area contributed by atoms with Crippen LogP contribution < -0.4 is 0 Å². The van der Waals surface area contributed by atoms with E-state index in [1.807, 2.05) is 6.92 Å². The second-order valence-electron chi connectivity index (χ2n) is 2.80. The van der Waals surface area contributed by atoms with E-state index >= 15 is 0 Å². The van der Waals surface area contributed by atoms with Crippen molar-refractivity contribution in [1.82, 2.24) is 0 Å². The molecule has 0 saturated heterocycles. The van der Waals surface area contributed by atoms with Crippen LogP contribution in [0.25, 0.3) is 0 Å². The van der Waals surface area contributed by atoms with Gasteiger partial charge in [0.15, 0.2) is 0 Å². The summed E-state index contributed by atoms with van der Waals surface area (Å²) >= 11 is 0. The van der Waals surface area contributed by atoms with E-state index in [0.717, 1.165) is 12.8 Å². The van der Waals surface area contributed by atoms with Gasteiger partial charge in [0.2, 0.25) is 0 Å². The number of alkyl halides is 1. The molecule has 0 saturated carbocycles. The Kier molecular flexibility index (Phi) is 5.92. The Hall–Kier alpha value is -0.450. The molecular weight excluding hydrogens is 214 g/mol. The summed E-state index contributed by atoms with van der Waals surface area (Å²) in [5.41, 5.74) is 0. The van der Waals surface area contributed by atoms with Crippen LogP contribution in [0.2, 0.25) is 0 Å². The molecule has 0 aromatic carbocycles. The van der Waals surface area contributed by atoms with Crippen molar-refractivity contribution in [2.75, 3.05) is 6.61 Å². The molecule has 0 amide bonds. The summed E-state index contributed by atoms with van der Waals surface area (Å²) in [4.78, 5) is 27.3. The van der Waals surface area contributed by atoms with Crippen molar-refractivity contribution in [2.45, 2.75) is 32.1 Å². The Balaban J connectivity index is 3.80. The standard InChI is InChI=1S/C7H14FO5P/c1-2-3-4-5-13-7(9)6(8)14(10,11)12/h6H,2-5H2,1H3,(H2,10,11,12). The van der Waals surface area contributed by atoms with Crippen LogP contribution in [0.5, 0.6) is 0 Å². The van der Waals surface area contributed by atoms with Gasteiger partial charge in [-0.2, -0.15) is 0 Å². The Labute approximate surface area is 81.4 Å². The van der Waals surface area contributed by atoms with Crippen LogP contribution in [0.15, 0.2) is 0 Å². The average molecular weight is 228 g/mol. The van der Waals surface area contributed by atoms with E-state index in [-0.39, 0.29) is 6.61 Å². The molecule has 0 fully saturated rings. The molecule has 0 spiro atoms. The molecule has 7 heteroatoms. The van der Waals surface area contributed by atoms with Crippen LogP contribution in [0.3, 0.4) is 0 Å². The molecule has 14 heavy (non-hydrogen) atoms. The molecular formula is C7H14FO5P. The largest absolute Gasteiger partial charge is 0.463 e. The third-order valence-corrected chi connectivity index (χ3v) is 2.28. The van der Waals surface area contributed by atoms with Crippen molar-refractivity contribution in [3.8, 4) is 0 Å². The van der Waals surface area contributed by atoms with Crippen LogP contribution >= 0.6 is 7.60 Å². The lowest BCUT2D eigenvalue weighted by molar-refractivity contribution is -0.147. The van der Waals surface area contributed by atoms with Crippen LogP contribution in [-0.2, 0) is 14.1 Å². The van der Waals surface area contributed by atoms with E-state index in [0.29, 0.717) is 6.42 Å². The van der Waals surface area contributed by atoms with Gasteiger partial charge in [-0.15, -0.1) is 0 Å². The summed E-state index contributed by atoms with van der Waals surface area (Å²) in [6.45, 7) is 1.93. The highest BCUT2D eigenvalue weighted by Gasteiger charge is 2.37. The quantitative estimate of drug-likeness (QED) is 0.405. The number of rotatable bonds is 6. The number of hydrogen-bond acceptors (Lipinski definition) is 3. The van der Waals surface area contributed by atoms with Gasteiger partial charge in [-0.25, -0.2) is 9.18 Å². The zero-order valence-corrected chi connectivity index (χ0v) is 8.74. The highest BCUT2D eigenvalue weighted by Crippen LogP contribution is 2.42. The first kappa shape index (κ1) is 13.5. The van der Waals surface area contributed by atoms with E-state index < -0.39 is 19.5 Å². The highest BCUT2D eigenvalue weighted by atomic mass is 31.2. The maximum absolute atomic E-state index is 12.6. The average Bonchev–Trinajstić information content (AvgIpc) is 2.09. The molecule has 0 aromatic heterocycles. The van der Waals surface area contributed by atoms with Crippen molar-refractivity contribution >= 4 is 13.6 Å². The molecule has 0 aliphatic heterocycles. The third-order valence-electron chi connectivity index (χ3n) is 1.48. The predicted octanol–water partition coefficient (Wildman–Crippen LogP) is 1.19. The highest BCUT2D eigenvalue weighted by molar-refractivity contribution is 7.53. The molecule has 0 aromatic rings. The van der Waals surface area contributed by atoms with Gasteiger partial charge in [-0.1, -0.05) is 19.8 Å². The van der Waals surface area contributed by atoms with Gasteiger partial charge in [0.05, 0.1) is 6.61 Å². The number of ether oxygens (including phenoxy) is 1. The Morgan fingerprint density at radius 2 is 2.07 bits per heavy atom. The smallest absolute Gasteiger partial charge is 0.371 e. The number of esters is 1. The number of hydrogen-bond donors (Lipinski definition) is 2. The molecule has 0 rings (SSSR count). The third kappa shape index (κ3) is 5.32. The maximum Gasteiger partial charge on any atom is 0.371 e. The SMILES string of the molecule is CCCCCOC(=O)C(F)P(=O)(O)O. The number of carbonyl (C=O) groups excluding carboxylic acids is 1. The molecule has 1 unspecified atom stereocenters. The number of carbonyl (C=O) groups is 1. The molecule has 1 atom stereocenters. The van der Waals surface area contributed by atoms with Crippen molar-refractivity contribution in [2.24, 2.45) is 0 Å². The van der Waals surface area contributed by atoms with Crippen molar-refractivity contribution in [3.05, 3.63) is 0 Å². The van der Waals surface area contributed by atoms with Gasteiger partial charge in [0.25, 0.3) is 5.91 Å². The van der Waals surface area contributed by atoms with E-state index in [4.69, 9.17) is 9.79 Å². The first-order valence-electron chi connectivity index (χ1n) is 4.25. The predicted molar refractivity (Wildman–Crippen MR) is 47.4 cm³/mol. The van der Waals surface area contributed by atoms with Crippen molar-refractivity contribution < 1.29 is 28.3 Å². The van der Waals surface area contributed by atoms with E-state index in [9.17, 15) is 13.8 Å². The second kappa shape index (κ2) is 6.11. The molecule has 0 aliphatic rings. The Morgan fingerprint density at radius 1 is 1.50 bits per heavy atom. The lowest BCUT2D eigenvalue weighted by atomic mass is 10.3. The van der Waals surface area contributed by atoms with Crippen LogP contribution in [-0.4, -0.2) is 28.3 Å². The molecule has 0 bridgehead atoms. The van der Waals surface area contributed by atoms with Gasteiger partial charge in [0.1, 0.15) is 0 Å². The van der Waals surface area contributed by atoms with Gasteiger partial charge >= 0.3 is 13.6 Å². The summed E-state index contributed by atoms with van der Waals surface area (Å²) in [5.74, 6) is -4.35. The molecule has 0 aliphatic carbocycles. The Bertz CT molecular complexity index is 226. The van der Waals surface area contributed by atoms with E-state index in [1.165, 1.54) is 0 Å². The second-order valence-corrected chi connectivity index (χ2v) is 4.43. The van der Waals surface area contributed by atoms with E-state index in [2.05, 4.69) is 4.74 Å². The Morgan fingerprint density at radius 3 is 2.50 bits per heavy atom. The number of halogens is 1. The van der Waals surface area contributed by atoms with E-state index in [1.54, 1.807) is 0 Å². The summed E-state index contributed by atoms with van der Waals surface area (Å²) in [7, 11) is -5.01. The lowest BCUT2D eigenvalue weighted by Gasteiger charge is -2.09. The fourth-order valence-electron chi connectivity index (χ4n) is 0.731. The monoisotopic (exact) mass is 228 g/mol. The zero-order chi connectivity index (χ0) is 11.2. The maximum atomic E-state index is 12.6. The fourth-order valence-corrected chi connectivity index (χ4v) is 1.08. The molecule has 2 N–H and O–H groups in total. The zero-order valence-electron chi connectivity index (χ0n) is 7.85. The molecule has 0 heterocycles. The first-order chi connectivity index (χ1) is 6.39. The summed E-state index contributed by atoms with van der Waals surface area (Å²) in [6.07, 6.45) is 2.30. The van der Waals surface area contributed by atoms with Gasteiger partial charge in [-0.05, 0) is 6.42 Å². The van der Waals surface area contributed by atoms with Crippen LogP contribution in [0.1, 0.15) is 26.2 Å². The van der Waals surface area contributed by atoms with Gasteiger partial charge in [-0.3, -0.25) is 4.57 Å².